The molecule has 140 valence electrons. The molecular formula is C22H40S2. The number of fused-ring (bicyclic) bond motifs is 1. The maximum absolute atomic E-state index is 2.58. The standard InChI is InChI=1S/C22H40S2/c1-8-9-10-21(6)20(24-21)17(11-14(2)3)18-13-22(7)19(23-22)12-16(18)15(4)5/h14-20H,8-13H2,1-7H3. The van der Waals surface area contributed by atoms with E-state index in [9.17, 15) is 0 Å². The normalized spacial score (nSPS) is 45.4. The van der Waals surface area contributed by atoms with E-state index in [0.717, 1.165) is 40.1 Å². The lowest BCUT2D eigenvalue weighted by atomic mass is 9.62. The topological polar surface area (TPSA) is 0 Å². The van der Waals surface area contributed by atoms with Crippen molar-refractivity contribution in [2.45, 2.75) is 107 Å². The van der Waals surface area contributed by atoms with Crippen molar-refractivity contribution in [1.82, 2.24) is 0 Å². The number of rotatable bonds is 8. The molecule has 3 aliphatic rings. The van der Waals surface area contributed by atoms with Crippen LogP contribution in [0.15, 0.2) is 0 Å². The van der Waals surface area contributed by atoms with E-state index < -0.39 is 0 Å². The summed E-state index contributed by atoms with van der Waals surface area (Å²) in [7, 11) is 0. The molecule has 0 aromatic rings. The minimum absolute atomic E-state index is 0.603. The molecule has 0 aromatic carbocycles. The highest BCUT2D eigenvalue weighted by Crippen LogP contribution is 2.69. The summed E-state index contributed by atoms with van der Waals surface area (Å²) in [5.74, 6) is 4.61. The summed E-state index contributed by atoms with van der Waals surface area (Å²) in [6.07, 6.45) is 8.68. The third-order valence-corrected chi connectivity index (χ3v) is 10.8. The molecule has 0 amide bonds. The second kappa shape index (κ2) is 7.02. The molecule has 0 spiro atoms. The Hall–Kier alpha value is 0.700. The highest BCUT2D eigenvalue weighted by atomic mass is 32.2. The molecule has 2 saturated heterocycles. The van der Waals surface area contributed by atoms with Crippen LogP contribution < -0.4 is 0 Å². The van der Waals surface area contributed by atoms with E-state index >= 15 is 0 Å². The van der Waals surface area contributed by atoms with Crippen molar-refractivity contribution in [2.24, 2.45) is 29.6 Å². The zero-order valence-corrected chi connectivity index (χ0v) is 18.7. The molecular weight excluding hydrogens is 328 g/mol. The van der Waals surface area contributed by atoms with Crippen molar-refractivity contribution < 1.29 is 0 Å². The zero-order chi connectivity index (χ0) is 17.7. The van der Waals surface area contributed by atoms with Gasteiger partial charge in [0.25, 0.3) is 0 Å². The lowest BCUT2D eigenvalue weighted by molar-refractivity contribution is 0.105. The van der Waals surface area contributed by atoms with E-state index in [0.29, 0.717) is 9.49 Å². The van der Waals surface area contributed by atoms with Crippen LogP contribution in [0.5, 0.6) is 0 Å². The van der Waals surface area contributed by atoms with Crippen LogP contribution >= 0.6 is 23.5 Å². The number of hydrogen-bond acceptors (Lipinski definition) is 2. The Morgan fingerprint density at radius 3 is 2.33 bits per heavy atom. The maximum atomic E-state index is 2.58. The SMILES string of the molecule is CCCCC1(C)SC1C(CC(C)C)C1CC2(C)SC2CC1C(C)C. The summed E-state index contributed by atoms with van der Waals surface area (Å²) in [6, 6.07) is 0. The lowest BCUT2D eigenvalue weighted by Crippen LogP contribution is -2.40. The van der Waals surface area contributed by atoms with E-state index in [1.807, 2.05) is 0 Å². The van der Waals surface area contributed by atoms with Crippen LogP contribution in [0.25, 0.3) is 0 Å². The molecule has 7 unspecified atom stereocenters. The van der Waals surface area contributed by atoms with Gasteiger partial charge in [0.05, 0.1) is 0 Å². The molecule has 0 nitrogen and oxygen atoms in total. The highest BCUT2D eigenvalue weighted by molar-refractivity contribution is 8.09. The summed E-state index contributed by atoms with van der Waals surface area (Å²) >= 11 is 4.64. The van der Waals surface area contributed by atoms with Gasteiger partial charge in [0.1, 0.15) is 0 Å². The average molecular weight is 369 g/mol. The van der Waals surface area contributed by atoms with Gasteiger partial charge in [-0.3, -0.25) is 0 Å². The van der Waals surface area contributed by atoms with Gasteiger partial charge in [0.2, 0.25) is 0 Å². The summed E-state index contributed by atoms with van der Waals surface area (Å²) in [4.78, 5) is 0. The Labute approximate surface area is 160 Å². The lowest BCUT2D eigenvalue weighted by Gasteiger charge is -2.42. The molecule has 0 radical (unpaired) electrons. The first-order chi connectivity index (χ1) is 11.2. The largest absolute Gasteiger partial charge is 0.149 e. The molecule has 2 heteroatoms. The van der Waals surface area contributed by atoms with Crippen molar-refractivity contribution in [3.05, 3.63) is 0 Å². The van der Waals surface area contributed by atoms with Gasteiger partial charge in [-0.25, -0.2) is 0 Å². The average Bonchev–Trinajstić information content (AvgIpc) is 3.35. The van der Waals surface area contributed by atoms with Crippen molar-refractivity contribution in [3.63, 3.8) is 0 Å². The van der Waals surface area contributed by atoms with Crippen molar-refractivity contribution >= 4 is 23.5 Å². The van der Waals surface area contributed by atoms with Gasteiger partial charge >= 0.3 is 0 Å². The molecule has 3 fully saturated rings. The quantitative estimate of drug-likeness (QED) is 0.413. The smallest absolute Gasteiger partial charge is 0.0256 e. The zero-order valence-electron chi connectivity index (χ0n) is 17.1. The fourth-order valence-corrected chi connectivity index (χ4v) is 8.57. The van der Waals surface area contributed by atoms with E-state index in [1.165, 1.54) is 38.5 Å². The van der Waals surface area contributed by atoms with Crippen LogP contribution in [0, 0.1) is 29.6 Å². The summed E-state index contributed by atoms with van der Waals surface area (Å²) in [5, 5.41) is 1.93. The third kappa shape index (κ3) is 3.85. The van der Waals surface area contributed by atoms with Gasteiger partial charge < -0.3 is 0 Å². The van der Waals surface area contributed by atoms with Gasteiger partial charge in [-0.15, -0.1) is 23.5 Å². The molecule has 1 saturated carbocycles. The maximum Gasteiger partial charge on any atom is 0.0256 e. The second-order valence-corrected chi connectivity index (χ2v) is 13.6. The van der Waals surface area contributed by atoms with Gasteiger partial charge in [-0.1, -0.05) is 47.5 Å². The molecule has 0 bridgehead atoms. The molecule has 0 N–H and O–H groups in total. The Morgan fingerprint density at radius 2 is 1.75 bits per heavy atom. The summed E-state index contributed by atoms with van der Waals surface area (Å²) in [6.45, 7) is 17.4. The highest BCUT2D eigenvalue weighted by Gasteiger charge is 2.62. The van der Waals surface area contributed by atoms with Crippen molar-refractivity contribution in [3.8, 4) is 0 Å². The second-order valence-electron chi connectivity index (χ2n) is 10.2. The molecule has 0 aromatic heterocycles. The molecule has 24 heavy (non-hydrogen) atoms. The fourth-order valence-electron chi connectivity index (χ4n) is 5.64. The van der Waals surface area contributed by atoms with Crippen LogP contribution in [0.2, 0.25) is 0 Å². The van der Waals surface area contributed by atoms with E-state index in [-0.39, 0.29) is 0 Å². The summed E-state index contributed by atoms with van der Waals surface area (Å²) in [5.41, 5.74) is 0. The number of hydrogen-bond donors (Lipinski definition) is 0. The van der Waals surface area contributed by atoms with Gasteiger partial charge in [0, 0.05) is 20.0 Å². The van der Waals surface area contributed by atoms with Gasteiger partial charge in [0.15, 0.2) is 0 Å². The minimum atomic E-state index is 0.603. The fraction of sp³-hybridized carbons (Fsp3) is 1.00. The van der Waals surface area contributed by atoms with E-state index in [2.05, 4.69) is 72.0 Å². The van der Waals surface area contributed by atoms with Crippen LogP contribution in [0.4, 0.5) is 0 Å². The number of thioether (sulfide) groups is 2. The van der Waals surface area contributed by atoms with Gasteiger partial charge in [-0.05, 0) is 69.1 Å². The first kappa shape index (κ1) is 19.5. The molecule has 2 aliphatic heterocycles. The predicted molar refractivity (Wildman–Crippen MR) is 113 cm³/mol. The molecule has 1 aliphatic carbocycles. The molecule has 7 atom stereocenters. The Morgan fingerprint density at radius 1 is 1.04 bits per heavy atom. The van der Waals surface area contributed by atoms with Crippen molar-refractivity contribution in [2.75, 3.05) is 0 Å². The Bertz CT molecular complexity index is 445. The van der Waals surface area contributed by atoms with Gasteiger partial charge in [-0.2, -0.15) is 0 Å². The Kier molecular flexibility index (Phi) is 5.69. The van der Waals surface area contributed by atoms with Crippen LogP contribution in [0.1, 0.15) is 87.0 Å². The number of unbranched alkanes of at least 4 members (excludes halogenated alkanes) is 1. The van der Waals surface area contributed by atoms with E-state index in [1.54, 1.807) is 0 Å². The first-order valence-electron chi connectivity index (χ1n) is 10.6. The first-order valence-corrected chi connectivity index (χ1v) is 12.3. The predicted octanol–water partition coefficient (Wildman–Crippen LogP) is 7.27. The molecule has 3 rings (SSSR count). The Balaban J connectivity index is 1.77. The summed E-state index contributed by atoms with van der Waals surface area (Å²) < 4.78 is 1.25. The van der Waals surface area contributed by atoms with Crippen LogP contribution in [-0.4, -0.2) is 20.0 Å². The monoisotopic (exact) mass is 368 g/mol. The molecule has 2 heterocycles. The van der Waals surface area contributed by atoms with Crippen LogP contribution in [-0.2, 0) is 0 Å². The van der Waals surface area contributed by atoms with E-state index in [4.69, 9.17) is 0 Å². The minimum Gasteiger partial charge on any atom is -0.149 e. The van der Waals surface area contributed by atoms with Crippen LogP contribution in [0.3, 0.4) is 0 Å². The third-order valence-electron chi connectivity index (χ3n) is 7.22. The van der Waals surface area contributed by atoms with Crippen molar-refractivity contribution in [1.29, 1.82) is 0 Å².